The molecule has 0 radical (unpaired) electrons. The average molecular weight is 349 g/mol. The number of imidazole rings is 1. The minimum absolute atomic E-state index is 0.294. The summed E-state index contributed by atoms with van der Waals surface area (Å²) in [6, 6.07) is 0. The van der Waals surface area contributed by atoms with Gasteiger partial charge < -0.3 is 19.1 Å². The first-order chi connectivity index (χ1) is 10.3. The van der Waals surface area contributed by atoms with Gasteiger partial charge in [-0.2, -0.15) is 0 Å². The summed E-state index contributed by atoms with van der Waals surface area (Å²) in [5.41, 5.74) is 1.03. The molecule has 0 bridgehead atoms. The van der Waals surface area contributed by atoms with Crippen LogP contribution in [0.25, 0.3) is 11.2 Å². The highest BCUT2D eigenvalue weighted by Gasteiger charge is 2.23. The Kier molecular flexibility index (Phi) is 5.52. The quantitative estimate of drug-likeness (QED) is 0.584. The molecule has 0 saturated heterocycles. The van der Waals surface area contributed by atoms with Crippen LogP contribution in [0.2, 0.25) is 5.15 Å². The molecule has 122 valence electrons. The molecule has 2 N–H and O–H groups in total. The number of hydrogen-bond acceptors (Lipinski definition) is 6. The van der Waals surface area contributed by atoms with Crippen molar-refractivity contribution < 1.29 is 18.7 Å². The first-order valence-corrected chi connectivity index (χ1v) is 8.88. The van der Waals surface area contributed by atoms with E-state index in [2.05, 4.69) is 19.9 Å². The SMILES string of the molecule is CC(C)OP(=O)(O)COC(C)Cc1nc2ncnc(Cl)c2[nH]1. The average Bonchev–Trinajstić information content (AvgIpc) is 2.79. The van der Waals surface area contributed by atoms with Gasteiger partial charge in [-0.05, 0) is 20.8 Å². The van der Waals surface area contributed by atoms with E-state index in [0.29, 0.717) is 28.6 Å². The summed E-state index contributed by atoms with van der Waals surface area (Å²) in [5, 5.41) is 0.294. The number of halogens is 1. The van der Waals surface area contributed by atoms with Crippen LogP contribution in [-0.2, 0) is 20.2 Å². The predicted molar refractivity (Wildman–Crippen MR) is 81.9 cm³/mol. The van der Waals surface area contributed by atoms with Gasteiger partial charge in [0.15, 0.2) is 10.8 Å². The van der Waals surface area contributed by atoms with Crippen LogP contribution in [0.4, 0.5) is 0 Å². The summed E-state index contributed by atoms with van der Waals surface area (Å²) >= 11 is 5.94. The molecule has 0 aromatic carbocycles. The van der Waals surface area contributed by atoms with Crippen molar-refractivity contribution in [2.24, 2.45) is 0 Å². The Morgan fingerprint density at radius 2 is 2.14 bits per heavy atom. The van der Waals surface area contributed by atoms with Gasteiger partial charge in [0.2, 0.25) is 0 Å². The molecule has 2 unspecified atom stereocenters. The van der Waals surface area contributed by atoms with Gasteiger partial charge in [-0.1, -0.05) is 11.6 Å². The predicted octanol–water partition coefficient (Wildman–Crippen LogP) is 2.52. The Bertz CT molecular complexity index is 693. The van der Waals surface area contributed by atoms with Crippen molar-refractivity contribution >= 4 is 30.4 Å². The van der Waals surface area contributed by atoms with Crippen molar-refractivity contribution in [3.8, 4) is 0 Å². The third kappa shape index (κ3) is 4.72. The van der Waals surface area contributed by atoms with Gasteiger partial charge in [-0.25, -0.2) is 15.0 Å². The van der Waals surface area contributed by atoms with Crippen molar-refractivity contribution in [1.29, 1.82) is 0 Å². The minimum atomic E-state index is -3.74. The van der Waals surface area contributed by atoms with E-state index < -0.39 is 7.60 Å². The smallest absolute Gasteiger partial charge is 0.353 e. The number of aromatic amines is 1. The molecule has 2 heterocycles. The molecule has 10 heteroatoms. The van der Waals surface area contributed by atoms with E-state index >= 15 is 0 Å². The molecule has 0 spiro atoms. The standard InChI is InChI=1S/C12H18ClN4O4P/c1-7(2)21-22(18,19)6-20-8(3)4-9-16-10-11(13)14-5-15-12(10)17-9/h5,7-8H,4,6H2,1-3H3,(H,18,19)(H,14,15,16,17). The second-order valence-electron chi connectivity index (χ2n) is 5.15. The van der Waals surface area contributed by atoms with Crippen LogP contribution >= 0.6 is 19.2 Å². The van der Waals surface area contributed by atoms with Crippen molar-refractivity contribution in [3.63, 3.8) is 0 Å². The third-order valence-corrected chi connectivity index (χ3v) is 4.18. The van der Waals surface area contributed by atoms with Crippen LogP contribution < -0.4 is 0 Å². The van der Waals surface area contributed by atoms with Crippen LogP contribution in [0, 0.1) is 0 Å². The minimum Gasteiger partial charge on any atom is -0.365 e. The fourth-order valence-electron chi connectivity index (χ4n) is 1.86. The molecule has 0 fully saturated rings. The van der Waals surface area contributed by atoms with Gasteiger partial charge in [0.05, 0.1) is 12.2 Å². The number of aromatic nitrogens is 4. The van der Waals surface area contributed by atoms with Crippen molar-refractivity contribution in [3.05, 3.63) is 17.3 Å². The van der Waals surface area contributed by atoms with E-state index in [9.17, 15) is 9.46 Å². The van der Waals surface area contributed by atoms with Crippen LogP contribution in [0.15, 0.2) is 6.33 Å². The number of fused-ring (bicyclic) bond motifs is 1. The lowest BCUT2D eigenvalue weighted by Gasteiger charge is -2.17. The molecular weight excluding hydrogens is 331 g/mol. The second kappa shape index (κ2) is 7.02. The van der Waals surface area contributed by atoms with Gasteiger partial charge in [0, 0.05) is 6.42 Å². The number of H-pyrrole nitrogens is 1. The molecule has 2 rings (SSSR count). The Morgan fingerprint density at radius 1 is 1.41 bits per heavy atom. The Hall–Kier alpha value is -1.05. The molecule has 0 aliphatic heterocycles. The second-order valence-corrected chi connectivity index (χ2v) is 7.25. The summed E-state index contributed by atoms with van der Waals surface area (Å²) in [6.07, 6.45) is 0.705. The lowest BCUT2D eigenvalue weighted by Crippen LogP contribution is -2.15. The maximum Gasteiger partial charge on any atom is 0.353 e. The summed E-state index contributed by atoms with van der Waals surface area (Å²) in [6.45, 7) is 5.15. The zero-order chi connectivity index (χ0) is 16.3. The number of hydrogen-bond donors (Lipinski definition) is 2. The van der Waals surface area contributed by atoms with E-state index in [-0.39, 0.29) is 18.6 Å². The lowest BCUT2D eigenvalue weighted by molar-refractivity contribution is 0.0771. The normalized spacial score (nSPS) is 16.1. The molecule has 0 aliphatic carbocycles. The van der Waals surface area contributed by atoms with Gasteiger partial charge in [-0.15, -0.1) is 0 Å². The monoisotopic (exact) mass is 348 g/mol. The fourth-order valence-corrected chi connectivity index (χ4v) is 3.20. The van der Waals surface area contributed by atoms with E-state index in [1.54, 1.807) is 20.8 Å². The lowest BCUT2D eigenvalue weighted by atomic mass is 10.3. The highest BCUT2D eigenvalue weighted by atomic mass is 35.5. The van der Waals surface area contributed by atoms with Crippen molar-refractivity contribution in [2.75, 3.05) is 6.35 Å². The maximum atomic E-state index is 11.7. The summed E-state index contributed by atoms with van der Waals surface area (Å²) in [5.74, 6) is 0.613. The molecule has 22 heavy (non-hydrogen) atoms. The van der Waals surface area contributed by atoms with E-state index in [4.69, 9.17) is 20.9 Å². The number of nitrogens with one attached hydrogen (secondary N) is 1. The van der Waals surface area contributed by atoms with Crippen LogP contribution in [0.1, 0.15) is 26.6 Å². The summed E-state index contributed by atoms with van der Waals surface area (Å²) in [7, 11) is -3.74. The van der Waals surface area contributed by atoms with Gasteiger partial charge >= 0.3 is 7.60 Å². The Labute approximate surface area is 132 Å². The largest absolute Gasteiger partial charge is 0.365 e. The van der Waals surface area contributed by atoms with E-state index in [1.807, 2.05) is 0 Å². The Balaban J connectivity index is 1.95. The Morgan fingerprint density at radius 3 is 2.77 bits per heavy atom. The molecule has 0 aliphatic rings. The third-order valence-electron chi connectivity index (χ3n) is 2.67. The summed E-state index contributed by atoms with van der Waals surface area (Å²) in [4.78, 5) is 24.8. The molecule has 0 amide bonds. The highest BCUT2D eigenvalue weighted by molar-refractivity contribution is 7.52. The van der Waals surface area contributed by atoms with Crippen LogP contribution in [0.3, 0.4) is 0 Å². The topological polar surface area (TPSA) is 110 Å². The van der Waals surface area contributed by atoms with Crippen molar-refractivity contribution in [1.82, 2.24) is 19.9 Å². The first-order valence-electron chi connectivity index (χ1n) is 6.74. The highest BCUT2D eigenvalue weighted by Crippen LogP contribution is 2.43. The zero-order valence-corrected chi connectivity index (χ0v) is 14.1. The van der Waals surface area contributed by atoms with Gasteiger partial charge in [0.25, 0.3) is 0 Å². The zero-order valence-electron chi connectivity index (χ0n) is 12.5. The first kappa shape index (κ1) is 17.3. The molecule has 0 saturated carbocycles. The van der Waals surface area contributed by atoms with E-state index in [0.717, 1.165) is 0 Å². The van der Waals surface area contributed by atoms with Crippen molar-refractivity contribution in [2.45, 2.75) is 39.4 Å². The number of ether oxygens (including phenoxy) is 1. The molecule has 2 aromatic heterocycles. The molecule has 2 aromatic rings. The molecule has 2 atom stereocenters. The maximum absolute atomic E-state index is 11.7. The van der Waals surface area contributed by atoms with Gasteiger partial charge in [-0.3, -0.25) is 4.57 Å². The summed E-state index contributed by atoms with van der Waals surface area (Å²) < 4.78 is 22.0. The van der Waals surface area contributed by atoms with Gasteiger partial charge in [0.1, 0.15) is 24.0 Å². The number of rotatable bonds is 7. The molecular formula is C12H18ClN4O4P. The van der Waals surface area contributed by atoms with E-state index in [1.165, 1.54) is 6.33 Å². The van der Waals surface area contributed by atoms with Crippen LogP contribution in [-0.4, -0.2) is 43.4 Å². The number of nitrogens with zero attached hydrogens (tertiary/aromatic N) is 3. The van der Waals surface area contributed by atoms with Crippen LogP contribution in [0.5, 0.6) is 0 Å². The molecule has 8 nitrogen and oxygen atoms in total. The fraction of sp³-hybridized carbons (Fsp3) is 0.583.